The minimum Gasteiger partial charge on any atom is -0.481 e. The van der Waals surface area contributed by atoms with Crippen LogP contribution in [0.2, 0.25) is 0 Å². The van der Waals surface area contributed by atoms with Gasteiger partial charge in [-0.25, -0.2) is 19.2 Å². The number of nitrogens with two attached hydrogens (primary N) is 2. The summed E-state index contributed by atoms with van der Waals surface area (Å²) >= 11 is 0. The van der Waals surface area contributed by atoms with Crippen LogP contribution >= 0.6 is 21.6 Å². The van der Waals surface area contributed by atoms with Crippen molar-refractivity contribution in [1.29, 1.82) is 0 Å². The molecule has 0 bridgehead atoms. The van der Waals surface area contributed by atoms with Gasteiger partial charge < -0.3 is 79.2 Å². The van der Waals surface area contributed by atoms with Crippen LogP contribution < -0.4 is 54.0 Å². The van der Waals surface area contributed by atoms with E-state index in [1.807, 2.05) is 10.6 Å². The number of aliphatic carboxylic acids is 4. The number of rotatable bonds is 35. The first-order valence-corrected chi connectivity index (χ1v) is 24.8. The van der Waals surface area contributed by atoms with E-state index in [1.54, 1.807) is 60.7 Å². The quantitative estimate of drug-likeness (QED) is 0.0257. The Morgan fingerprint density at radius 2 is 1.04 bits per heavy atom. The highest BCUT2D eigenvalue weighted by Crippen LogP contribution is 2.19. The first kappa shape index (κ1) is 61.5. The van der Waals surface area contributed by atoms with Crippen molar-refractivity contribution < 1.29 is 82.7 Å². The Labute approximate surface area is 425 Å². The van der Waals surface area contributed by atoms with E-state index in [2.05, 4.69) is 36.6 Å². The Bertz CT molecular complexity index is 2210. The summed E-state index contributed by atoms with van der Waals surface area (Å²) in [4.78, 5) is 148. The van der Waals surface area contributed by atoms with Gasteiger partial charge in [-0.1, -0.05) is 82.3 Å². The van der Waals surface area contributed by atoms with E-state index in [0.29, 0.717) is 22.6 Å². The highest BCUT2D eigenvalue weighted by Gasteiger charge is 2.31. The summed E-state index contributed by atoms with van der Waals surface area (Å²) < 4.78 is 4.61. The highest BCUT2D eigenvalue weighted by molar-refractivity contribution is 8.76. The van der Waals surface area contributed by atoms with Crippen LogP contribution in [0.1, 0.15) is 49.7 Å². The molecule has 0 aromatic heterocycles. The summed E-state index contributed by atoms with van der Waals surface area (Å²) in [6, 6.07) is 6.84. The molecule has 0 aliphatic rings. The van der Waals surface area contributed by atoms with Crippen LogP contribution in [-0.4, -0.2) is 166 Å². The molecule has 6 atom stereocenters. The highest BCUT2D eigenvalue weighted by atomic mass is 33.1. The summed E-state index contributed by atoms with van der Waals surface area (Å²) in [5.74, 6) is -9.87. The molecule has 2 rings (SSSR count). The fourth-order valence-electron chi connectivity index (χ4n) is 6.20. The number of urea groups is 1. The molecule has 0 saturated heterocycles. The molecule has 0 aliphatic carbocycles. The van der Waals surface area contributed by atoms with Gasteiger partial charge in [0.25, 0.3) is 0 Å². The van der Waals surface area contributed by atoms with E-state index >= 15 is 0 Å². The maximum atomic E-state index is 14.0. The molecule has 1 unspecified atom stereocenters. The number of ether oxygens (including phenoxy) is 1. The molecule has 29 heteroatoms. The fraction of sp³-hybridized carbons (Fsp3) is 0.455. The second kappa shape index (κ2) is 33.8. The first-order valence-electron chi connectivity index (χ1n) is 22.3. The maximum absolute atomic E-state index is 14.0. The van der Waals surface area contributed by atoms with E-state index < -0.39 is 146 Å². The molecular formula is C44H60N10O17S2. The number of carbonyl (C=O) groups excluding carboxylic acids is 8. The first-order chi connectivity index (χ1) is 34.6. The topological polar surface area (TPSA) is 443 Å². The molecule has 0 fully saturated rings. The normalized spacial score (nSPS) is 13.1. The molecule has 2 aromatic carbocycles. The third-order valence-corrected chi connectivity index (χ3v) is 12.2. The molecule has 73 heavy (non-hydrogen) atoms. The maximum Gasteiger partial charge on any atom is 0.404 e. The van der Waals surface area contributed by atoms with Gasteiger partial charge in [0.05, 0.1) is 6.42 Å². The molecule has 0 saturated carbocycles. The standard InChI is InChI=1S/C44H60N10O17S2/c45-27(37(61)51-32(23-36(59)60)38(62)48-17-19-72-73-20-18-71-43(46)69)24-49-39(63)30(21-25-7-3-1-4-8-25)52-40(64)31(22-26-9-5-2-6-10-26)50-34(56)15-16-47-33(55)13-11-28(41(65)66)53-44(70)54-29(42(67)68)12-14-35(57)58/h1-10,27-32H,11-24,45H2,(H2,46,69)(H,47,55)(H,48,62)(H,49,63)(H,50,56)(H,51,61)(H,52,64)(H,57,58)(H,59,60)(H,65,66)(H,67,68)(H2,53,54,70)/t27-,28?,29-,30-,31-,32-/m0/s1. The lowest BCUT2D eigenvalue weighted by Gasteiger charge is -2.24. The number of carboxylic acids is 4. The summed E-state index contributed by atoms with van der Waals surface area (Å²) in [7, 11) is 2.66. The Morgan fingerprint density at radius 3 is 1.58 bits per heavy atom. The van der Waals surface area contributed by atoms with Crippen LogP contribution in [0.15, 0.2) is 60.7 Å². The number of carboxylic acid groups (broad SMARTS) is 4. The molecular weight excluding hydrogens is 1000 g/mol. The largest absolute Gasteiger partial charge is 0.481 e. The van der Waals surface area contributed by atoms with Crippen molar-refractivity contribution in [3.63, 3.8) is 0 Å². The third kappa shape index (κ3) is 26.9. The zero-order valence-electron chi connectivity index (χ0n) is 39.2. The lowest BCUT2D eigenvalue weighted by molar-refractivity contribution is -0.141. The van der Waals surface area contributed by atoms with E-state index in [-0.39, 0.29) is 39.0 Å². The Morgan fingerprint density at radius 1 is 0.521 bits per heavy atom. The average Bonchev–Trinajstić information content (AvgIpc) is 3.33. The summed E-state index contributed by atoms with van der Waals surface area (Å²) in [6.45, 7) is -0.636. The lowest BCUT2D eigenvalue weighted by Crippen LogP contribution is -2.58. The van der Waals surface area contributed by atoms with Gasteiger partial charge >= 0.3 is 36.0 Å². The monoisotopic (exact) mass is 1060 g/mol. The smallest absolute Gasteiger partial charge is 0.404 e. The molecule has 0 spiro atoms. The van der Waals surface area contributed by atoms with Gasteiger partial charge in [-0.2, -0.15) is 0 Å². The van der Waals surface area contributed by atoms with E-state index in [0.717, 1.165) is 0 Å². The van der Waals surface area contributed by atoms with Crippen LogP contribution in [0.5, 0.6) is 0 Å². The minimum absolute atomic E-state index is 0.0594. The van der Waals surface area contributed by atoms with Crippen molar-refractivity contribution in [2.75, 3.05) is 37.7 Å². The van der Waals surface area contributed by atoms with Gasteiger partial charge in [0.15, 0.2) is 0 Å². The van der Waals surface area contributed by atoms with Crippen LogP contribution in [-0.2, 0) is 65.5 Å². The molecule has 0 heterocycles. The van der Waals surface area contributed by atoms with Crippen molar-refractivity contribution in [3.05, 3.63) is 71.8 Å². The van der Waals surface area contributed by atoms with Gasteiger partial charge in [-0.05, 0) is 24.0 Å². The number of hydrogen-bond acceptors (Lipinski definition) is 16. The molecule has 16 N–H and O–H groups in total. The number of hydrogen-bond donors (Lipinski definition) is 14. The van der Waals surface area contributed by atoms with Gasteiger partial charge in [-0.3, -0.25) is 38.4 Å². The van der Waals surface area contributed by atoms with Gasteiger partial charge in [0, 0.05) is 63.2 Å². The molecule has 400 valence electrons. The van der Waals surface area contributed by atoms with Gasteiger partial charge in [-0.15, -0.1) is 0 Å². The van der Waals surface area contributed by atoms with Crippen molar-refractivity contribution in [3.8, 4) is 0 Å². The second-order valence-electron chi connectivity index (χ2n) is 15.6. The van der Waals surface area contributed by atoms with Crippen LogP contribution in [0.3, 0.4) is 0 Å². The fourth-order valence-corrected chi connectivity index (χ4v) is 7.93. The van der Waals surface area contributed by atoms with Crippen molar-refractivity contribution in [2.24, 2.45) is 11.5 Å². The molecule has 2 aromatic rings. The van der Waals surface area contributed by atoms with Crippen molar-refractivity contribution in [2.45, 2.75) is 87.6 Å². The van der Waals surface area contributed by atoms with E-state index in [1.165, 1.54) is 21.6 Å². The Kier molecular flexibility index (Phi) is 28.5. The van der Waals surface area contributed by atoms with E-state index in [4.69, 9.17) is 16.6 Å². The zero-order valence-corrected chi connectivity index (χ0v) is 40.8. The number of amides is 9. The van der Waals surface area contributed by atoms with Crippen LogP contribution in [0, 0.1) is 0 Å². The average molecular weight is 1070 g/mol. The van der Waals surface area contributed by atoms with Crippen LogP contribution in [0.4, 0.5) is 9.59 Å². The van der Waals surface area contributed by atoms with Crippen LogP contribution in [0.25, 0.3) is 0 Å². The molecule has 27 nitrogen and oxygen atoms in total. The predicted octanol–water partition coefficient (Wildman–Crippen LogP) is -2.21. The number of nitrogens with one attached hydrogen (secondary N) is 8. The Hall–Kier alpha value is -7.66. The zero-order chi connectivity index (χ0) is 54.3. The molecule has 0 aliphatic heterocycles. The van der Waals surface area contributed by atoms with Gasteiger partial charge in [0.1, 0.15) is 42.9 Å². The summed E-state index contributed by atoms with van der Waals surface area (Å²) in [5, 5.41) is 56.0. The van der Waals surface area contributed by atoms with Crippen molar-refractivity contribution in [1.82, 2.24) is 42.5 Å². The van der Waals surface area contributed by atoms with E-state index in [9.17, 15) is 72.9 Å². The Balaban J connectivity index is 2.06. The predicted molar refractivity (Wildman–Crippen MR) is 261 cm³/mol. The van der Waals surface area contributed by atoms with Gasteiger partial charge in [0.2, 0.25) is 35.4 Å². The third-order valence-electron chi connectivity index (χ3n) is 9.86. The second-order valence-corrected chi connectivity index (χ2v) is 18.3. The summed E-state index contributed by atoms with van der Waals surface area (Å²) in [6.07, 6.45) is -4.22. The lowest BCUT2D eigenvalue weighted by atomic mass is 10.0. The minimum atomic E-state index is -1.66. The molecule has 0 radical (unpaired) electrons. The number of benzene rings is 2. The SMILES string of the molecule is NC(=O)OCCSSCCNC(=O)[C@H](CC(=O)O)NC(=O)[C@@H](N)CNC(=O)[C@H](Cc1ccccc1)NC(=O)[C@H](Cc1ccccc1)NC(=O)CCNC(=O)CCC(NC(=O)N[C@@H](CCC(=O)O)C(=O)O)C(=O)O. The van der Waals surface area contributed by atoms with Crippen molar-refractivity contribution >= 4 is 93.0 Å². The summed E-state index contributed by atoms with van der Waals surface area (Å²) in [5.41, 5.74) is 12.2. The molecule has 9 amide bonds. The number of carbonyl (C=O) groups is 12. The number of primary amides is 1.